The molecule has 92 valence electrons. The third-order valence-electron chi connectivity index (χ3n) is 2.33. The van der Waals surface area contributed by atoms with Crippen LogP contribution in [-0.2, 0) is 9.53 Å². The van der Waals surface area contributed by atoms with Crippen LogP contribution in [0, 0.1) is 0 Å². The molecule has 1 aliphatic heterocycles. The average Bonchev–Trinajstić information content (AvgIpc) is 2.74. The molecule has 6 nitrogen and oxygen atoms in total. The molecular weight excluding hydrogens is 228 g/mol. The molecular formula is C11H12O6. The molecule has 1 atom stereocenters. The summed E-state index contributed by atoms with van der Waals surface area (Å²) in [6.45, 7) is 1.83. The predicted octanol–water partition coefficient (Wildman–Crippen LogP) is 0.717. The summed E-state index contributed by atoms with van der Waals surface area (Å²) in [5.41, 5.74) is 0.0349. The molecule has 17 heavy (non-hydrogen) atoms. The Morgan fingerprint density at radius 1 is 1.47 bits per heavy atom. The minimum Gasteiger partial charge on any atom is -0.507 e. The van der Waals surface area contributed by atoms with Crippen LogP contribution in [0.5, 0.6) is 17.2 Å². The number of ether oxygens (including phenoxy) is 3. The SMILES string of the molecule is CCOC(=O)C(O)c1cc2c(cc1O)OCO2. The quantitative estimate of drug-likeness (QED) is 0.757. The van der Waals surface area contributed by atoms with Gasteiger partial charge in [-0.05, 0) is 13.0 Å². The van der Waals surface area contributed by atoms with Crippen LogP contribution >= 0.6 is 0 Å². The van der Waals surface area contributed by atoms with Crippen molar-refractivity contribution in [1.29, 1.82) is 0 Å². The summed E-state index contributed by atoms with van der Waals surface area (Å²) < 4.78 is 14.8. The molecule has 0 aromatic heterocycles. The third kappa shape index (κ3) is 2.12. The molecule has 0 amide bonds. The Balaban J connectivity index is 2.29. The van der Waals surface area contributed by atoms with Crippen molar-refractivity contribution in [3.8, 4) is 17.2 Å². The second-order valence-corrected chi connectivity index (χ2v) is 3.42. The predicted molar refractivity (Wildman–Crippen MR) is 55.8 cm³/mol. The summed E-state index contributed by atoms with van der Waals surface area (Å²) in [5.74, 6) is -0.306. The van der Waals surface area contributed by atoms with Gasteiger partial charge in [-0.15, -0.1) is 0 Å². The number of benzene rings is 1. The number of aliphatic hydroxyl groups excluding tert-OH is 1. The fraction of sp³-hybridized carbons (Fsp3) is 0.364. The first-order valence-corrected chi connectivity index (χ1v) is 5.10. The molecule has 2 N–H and O–H groups in total. The Kier molecular flexibility index (Phi) is 3.06. The molecule has 6 heteroatoms. The van der Waals surface area contributed by atoms with Crippen molar-refractivity contribution < 1.29 is 29.2 Å². The van der Waals surface area contributed by atoms with Crippen molar-refractivity contribution in [3.63, 3.8) is 0 Å². The van der Waals surface area contributed by atoms with E-state index in [0.29, 0.717) is 11.5 Å². The number of rotatable bonds is 3. The van der Waals surface area contributed by atoms with Gasteiger partial charge in [0, 0.05) is 11.6 Å². The van der Waals surface area contributed by atoms with Gasteiger partial charge in [0.15, 0.2) is 17.6 Å². The molecule has 1 aromatic rings. The topological polar surface area (TPSA) is 85.2 Å². The van der Waals surface area contributed by atoms with Crippen LogP contribution in [0.15, 0.2) is 12.1 Å². The normalized spacial score (nSPS) is 14.5. The van der Waals surface area contributed by atoms with E-state index in [9.17, 15) is 15.0 Å². The number of aromatic hydroxyl groups is 1. The molecule has 0 fully saturated rings. The van der Waals surface area contributed by atoms with Gasteiger partial charge >= 0.3 is 5.97 Å². The Bertz CT molecular complexity index is 442. The summed E-state index contributed by atoms with van der Waals surface area (Å²) in [6, 6.07) is 2.65. The number of aliphatic hydroxyl groups is 1. The molecule has 0 spiro atoms. The van der Waals surface area contributed by atoms with E-state index in [0.717, 1.165) is 0 Å². The second kappa shape index (κ2) is 4.50. The Morgan fingerprint density at radius 2 is 2.12 bits per heavy atom. The number of carbonyl (C=O) groups is 1. The van der Waals surface area contributed by atoms with Crippen LogP contribution in [0.1, 0.15) is 18.6 Å². The van der Waals surface area contributed by atoms with Gasteiger partial charge < -0.3 is 24.4 Å². The van der Waals surface area contributed by atoms with Gasteiger partial charge in [-0.3, -0.25) is 0 Å². The fourth-order valence-electron chi connectivity index (χ4n) is 1.51. The minimum absolute atomic E-state index is 0.0349. The van der Waals surface area contributed by atoms with E-state index in [1.807, 2.05) is 0 Å². The minimum atomic E-state index is -1.54. The largest absolute Gasteiger partial charge is 0.507 e. The first kappa shape index (κ1) is 11.5. The number of phenols is 1. The molecule has 2 rings (SSSR count). The van der Waals surface area contributed by atoms with Crippen LogP contribution in [0.25, 0.3) is 0 Å². The first-order chi connectivity index (χ1) is 8.13. The van der Waals surface area contributed by atoms with E-state index in [4.69, 9.17) is 9.47 Å². The number of phenolic OH excluding ortho intramolecular Hbond substituents is 1. The second-order valence-electron chi connectivity index (χ2n) is 3.42. The van der Waals surface area contributed by atoms with Gasteiger partial charge in [0.2, 0.25) is 6.79 Å². The lowest BCUT2D eigenvalue weighted by Gasteiger charge is -2.12. The Morgan fingerprint density at radius 3 is 2.76 bits per heavy atom. The number of carbonyl (C=O) groups excluding carboxylic acids is 1. The first-order valence-electron chi connectivity index (χ1n) is 5.10. The molecule has 0 radical (unpaired) electrons. The lowest BCUT2D eigenvalue weighted by Crippen LogP contribution is -2.15. The van der Waals surface area contributed by atoms with E-state index in [1.54, 1.807) is 6.92 Å². The summed E-state index contributed by atoms with van der Waals surface area (Å²) >= 11 is 0. The van der Waals surface area contributed by atoms with E-state index in [2.05, 4.69) is 4.74 Å². The molecule has 1 aromatic carbocycles. The highest BCUT2D eigenvalue weighted by Crippen LogP contribution is 2.39. The van der Waals surface area contributed by atoms with Gasteiger partial charge in [-0.1, -0.05) is 0 Å². The smallest absolute Gasteiger partial charge is 0.339 e. The van der Waals surface area contributed by atoms with Crippen molar-refractivity contribution in [2.45, 2.75) is 13.0 Å². The van der Waals surface area contributed by atoms with Crippen LogP contribution in [0.2, 0.25) is 0 Å². The molecule has 0 saturated carbocycles. The summed E-state index contributed by atoms with van der Waals surface area (Å²) in [7, 11) is 0. The van der Waals surface area contributed by atoms with Gasteiger partial charge in [0.25, 0.3) is 0 Å². The zero-order chi connectivity index (χ0) is 12.4. The van der Waals surface area contributed by atoms with E-state index in [1.165, 1.54) is 12.1 Å². The number of fused-ring (bicyclic) bond motifs is 1. The van der Waals surface area contributed by atoms with Crippen molar-refractivity contribution in [1.82, 2.24) is 0 Å². The maximum atomic E-state index is 11.3. The lowest BCUT2D eigenvalue weighted by atomic mass is 10.1. The standard InChI is InChI=1S/C11H12O6/c1-2-15-11(14)10(13)6-3-8-9(4-7(6)12)17-5-16-8/h3-4,10,12-13H,2,5H2,1H3. The van der Waals surface area contributed by atoms with E-state index >= 15 is 0 Å². The Hall–Kier alpha value is -1.95. The highest BCUT2D eigenvalue weighted by Gasteiger charge is 2.26. The van der Waals surface area contributed by atoms with Crippen molar-refractivity contribution in [2.75, 3.05) is 13.4 Å². The molecule has 0 bridgehead atoms. The summed E-state index contributed by atoms with van der Waals surface area (Å²) in [5, 5.41) is 19.4. The van der Waals surface area contributed by atoms with Crippen LogP contribution < -0.4 is 9.47 Å². The van der Waals surface area contributed by atoms with Crippen molar-refractivity contribution in [2.24, 2.45) is 0 Å². The maximum absolute atomic E-state index is 11.3. The third-order valence-corrected chi connectivity index (χ3v) is 2.33. The summed E-state index contributed by atoms with van der Waals surface area (Å²) in [4.78, 5) is 11.3. The molecule has 1 aliphatic rings. The Labute approximate surface area is 97.3 Å². The highest BCUT2D eigenvalue weighted by molar-refractivity contribution is 5.77. The van der Waals surface area contributed by atoms with Crippen molar-refractivity contribution in [3.05, 3.63) is 17.7 Å². The summed E-state index contributed by atoms with van der Waals surface area (Å²) in [6.07, 6.45) is -1.54. The van der Waals surface area contributed by atoms with Crippen LogP contribution in [-0.4, -0.2) is 29.6 Å². The van der Waals surface area contributed by atoms with Gasteiger partial charge in [0.1, 0.15) is 5.75 Å². The zero-order valence-corrected chi connectivity index (χ0v) is 9.17. The zero-order valence-electron chi connectivity index (χ0n) is 9.17. The van der Waals surface area contributed by atoms with Crippen LogP contribution in [0.4, 0.5) is 0 Å². The number of esters is 1. The number of hydrogen-bond acceptors (Lipinski definition) is 6. The molecule has 1 unspecified atom stereocenters. The van der Waals surface area contributed by atoms with E-state index in [-0.39, 0.29) is 24.7 Å². The molecule has 0 saturated heterocycles. The lowest BCUT2D eigenvalue weighted by molar-refractivity contribution is -0.153. The molecule has 0 aliphatic carbocycles. The van der Waals surface area contributed by atoms with Gasteiger partial charge in [-0.25, -0.2) is 4.79 Å². The molecule has 1 heterocycles. The van der Waals surface area contributed by atoms with Gasteiger partial charge in [0.05, 0.1) is 6.61 Å². The maximum Gasteiger partial charge on any atom is 0.339 e. The van der Waals surface area contributed by atoms with Crippen LogP contribution in [0.3, 0.4) is 0 Å². The fourth-order valence-corrected chi connectivity index (χ4v) is 1.51. The van der Waals surface area contributed by atoms with Crippen molar-refractivity contribution >= 4 is 5.97 Å². The highest BCUT2D eigenvalue weighted by atomic mass is 16.7. The average molecular weight is 240 g/mol. The van der Waals surface area contributed by atoms with Gasteiger partial charge in [-0.2, -0.15) is 0 Å². The van der Waals surface area contributed by atoms with E-state index < -0.39 is 12.1 Å². The monoisotopic (exact) mass is 240 g/mol. The number of hydrogen-bond donors (Lipinski definition) is 2.